The topological polar surface area (TPSA) is 392 Å². The van der Waals surface area contributed by atoms with Crippen LogP contribution in [0.15, 0.2) is 91.0 Å². The van der Waals surface area contributed by atoms with Crippen LogP contribution in [0.25, 0.3) is 0 Å². The summed E-state index contributed by atoms with van der Waals surface area (Å²) in [6.07, 6.45) is -3.72. The first-order valence-corrected chi connectivity index (χ1v) is 19.4. The van der Waals surface area contributed by atoms with Crippen LogP contribution in [0, 0.1) is 0 Å². The van der Waals surface area contributed by atoms with E-state index in [2.05, 4.69) is 0 Å². The molecule has 6 aromatic carbocycles. The van der Waals surface area contributed by atoms with Gasteiger partial charge in [0.15, 0.2) is 34.5 Å². The minimum absolute atomic E-state index is 0.0119. The van der Waals surface area contributed by atoms with Crippen LogP contribution in [0.4, 0.5) is 0 Å². The lowest BCUT2D eigenvalue weighted by atomic mass is 9.87. The molecule has 6 aromatic rings. The van der Waals surface area contributed by atoms with E-state index in [-0.39, 0.29) is 98.3 Å². The minimum atomic E-state index is -2.85. The first kappa shape index (κ1) is 46.1. The number of fused-ring (bicyclic) bond motifs is 3. The Kier molecular flexibility index (Phi) is 11.8. The number of aliphatic hydroxyl groups excluding tert-OH is 2. The van der Waals surface area contributed by atoms with E-state index < -0.39 is 65.1 Å². The molecule has 18 N–H and O–H groups in total. The average Bonchev–Trinajstić information content (AvgIpc) is 3.23. The minimum Gasteiger partial charge on any atom is -0.508 e. The molecule has 0 bridgehead atoms. The molecule has 21 nitrogen and oxygen atoms in total. The van der Waals surface area contributed by atoms with Crippen LogP contribution in [0.2, 0.25) is 0 Å². The van der Waals surface area contributed by atoms with Crippen LogP contribution >= 0.6 is 0 Å². The van der Waals surface area contributed by atoms with E-state index in [1.54, 1.807) is 0 Å². The maximum Gasteiger partial charge on any atom is 0.289 e. The van der Waals surface area contributed by atoms with Crippen molar-refractivity contribution in [1.29, 1.82) is 0 Å². The maximum atomic E-state index is 10.6. The van der Waals surface area contributed by atoms with Crippen LogP contribution in [0.5, 0.6) is 86.2 Å². The summed E-state index contributed by atoms with van der Waals surface area (Å²) in [7, 11) is 0. The molecule has 3 heterocycles. The molecule has 0 amide bonds. The molecule has 0 fully saturated rings. The molecule has 66 heavy (non-hydrogen) atoms. The van der Waals surface area contributed by atoms with Crippen LogP contribution in [0.1, 0.15) is 39.5 Å². The van der Waals surface area contributed by atoms with Gasteiger partial charge < -0.3 is 106 Å². The van der Waals surface area contributed by atoms with E-state index in [4.69, 9.17) is 14.2 Å². The number of hydrogen-bond acceptors (Lipinski definition) is 21. The Morgan fingerprint density at radius 3 is 1.42 bits per heavy atom. The normalized spacial score (nSPS) is 22.2. The molecule has 0 aromatic heterocycles. The van der Waals surface area contributed by atoms with Crippen molar-refractivity contribution < 1.29 is 106 Å². The van der Waals surface area contributed by atoms with E-state index in [0.29, 0.717) is 11.1 Å². The van der Waals surface area contributed by atoms with Gasteiger partial charge >= 0.3 is 0 Å². The highest BCUT2D eigenvalue weighted by atomic mass is 16.7. The molecule has 348 valence electrons. The van der Waals surface area contributed by atoms with Gasteiger partial charge in [0.1, 0.15) is 64.0 Å². The zero-order valence-electron chi connectivity index (χ0n) is 33.8. The van der Waals surface area contributed by atoms with E-state index in [1.807, 2.05) is 0 Å². The van der Waals surface area contributed by atoms with E-state index >= 15 is 0 Å². The number of phenolic OH excluding ortho intramolecular Hbond substituents is 12. The third-order valence-corrected chi connectivity index (χ3v) is 10.9. The quantitative estimate of drug-likeness (QED) is 0.0893. The van der Waals surface area contributed by atoms with Crippen LogP contribution < -0.4 is 14.2 Å². The SMILES string of the molecule is Oc1cc(O)c2c(c1)O[C@@H](c1ccc(O)c(O)c1)[C@@H](O)C2.Oc1cc(O)c2c(c1)O[C@](O)(c1ccc(O)c(O)c1)C(O)(O)C2.Oc1cc(O)c2c(c1)O[C@](O)(c1ccc(O)c(O)c1)[C@@H](O)C2. The predicted molar refractivity (Wildman–Crippen MR) is 221 cm³/mol. The molecule has 3 aliphatic heterocycles. The summed E-state index contributed by atoms with van der Waals surface area (Å²) in [5.41, 5.74) is 0.902. The maximum absolute atomic E-state index is 10.6. The summed E-state index contributed by atoms with van der Waals surface area (Å²) in [6.45, 7) is 0. The van der Waals surface area contributed by atoms with Crippen molar-refractivity contribution in [3.05, 3.63) is 124 Å². The molecule has 0 saturated heterocycles. The Hall–Kier alpha value is -7.92. The molecular formula is C45H42O21. The van der Waals surface area contributed by atoms with E-state index in [0.717, 1.165) is 48.5 Å². The summed E-state index contributed by atoms with van der Waals surface area (Å²) in [5.74, 6) is -11.7. The van der Waals surface area contributed by atoms with E-state index in [9.17, 15) is 91.9 Å². The Morgan fingerprint density at radius 2 is 0.879 bits per heavy atom. The smallest absolute Gasteiger partial charge is 0.289 e. The average molecular weight is 919 g/mol. The first-order chi connectivity index (χ1) is 30.9. The third kappa shape index (κ3) is 8.55. The summed E-state index contributed by atoms with van der Waals surface area (Å²) in [5, 5.41) is 176. The van der Waals surface area contributed by atoms with Gasteiger partial charge in [-0.15, -0.1) is 0 Å². The number of benzene rings is 6. The number of rotatable bonds is 3. The first-order valence-electron chi connectivity index (χ1n) is 19.4. The lowest BCUT2D eigenvalue weighted by Gasteiger charge is -2.43. The highest BCUT2D eigenvalue weighted by Gasteiger charge is 2.57. The molecule has 21 heteroatoms. The standard InChI is InChI=1S/C15H14O8.C15H14O7.C15H14O6/c16-8-4-11(18)9-6-14(20,21)15(22,23-13(9)5-8)7-1-2-10(17)12(19)3-7;16-8-4-11(18)9-6-14(20)15(21,22-13(9)5-8)7-1-2-10(17)12(19)3-7;16-8-4-11(18)9-6-13(20)15(21-14(9)5-8)7-1-2-10(17)12(19)3-7/h1-5,16-22H,6H2;1-5,14,16-21H,6H2;1-5,13,15-20H,6H2/t15-;14-,15+;13-,15-/m100/s1. The van der Waals surface area contributed by atoms with Crippen molar-refractivity contribution in [2.45, 2.75) is 54.9 Å². The fourth-order valence-electron chi connectivity index (χ4n) is 7.46. The Bertz CT molecular complexity index is 2830. The van der Waals surface area contributed by atoms with Gasteiger partial charge in [-0.2, -0.15) is 0 Å². The largest absolute Gasteiger partial charge is 0.508 e. The van der Waals surface area contributed by atoms with E-state index in [1.165, 1.54) is 42.5 Å². The fourth-order valence-corrected chi connectivity index (χ4v) is 7.46. The van der Waals surface area contributed by atoms with Gasteiger partial charge in [-0.1, -0.05) is 6.07 Å². The molecule has 0 radical (unpaired) electrons. The van der Waals surface area contributed by atoms with Crippen LogP contribution in [0.3, 0.4) is 0 Å². The van der Waals surface area contributed by atoms with Gasteiger partial charge in [0, 0.05) is 83.5 Å². The van der Waals surface area contributed by atoms with Gasteiger partial charge in [0.2, 0.25) is 5.79 Å². The molecule has 9 rings (SSSR count). The Balaban J connectivity index is 0.000000147. The number of aromatic hydroxyl groups is 12. The second kappa shape index (κ2) is 16.9. The summed E-state index contributed by atoms with van der Waals surface area (Å²) < 4.78 is 16.2. The monoisotopic (exact) mass is 918 g/mol. The molecule has 0 saturated carbocycles. The zero-order chi connectivity index (χ0) is 48.2. The molecule has 3 aliphatic rings. The molecule has 0 aliphatic carbocycles. The number of ether oxygens (including phenoxy) is 3. The van der Waals surface area contributed by atoms with Crippen molar-refractivity contribution in [3.8, 4) is 86.2 Å². The fraction of sp³-hybridized carbons (Fsp3) is 0.200. The van der Waals surface area contributed by atoms with Crippen LogP contribution in [-0.2, 0) is 30.8 Å². The van der Waals surface area contributed by atoms with Gasteiger partial charge in [0.25, 0.3) is 11.6 Å². The highest BCUT2D eigenvalue weighted by molar-refractivity contribution is 5.55. The van der Waals surface area contributed by atoms with Gasteiger partial charge in [0.05, 0.1) is 6.10 Å². The molecule has 0 unspecified atom stereocenters. The van der Waals surface area contributed by atoms with Gasteiger partial charge in [-0.3, -0.25) is 0 Å². The number of aliphatic hydroxyl groups is 6. The second-order valence-corrected chi connectivity index (χ2v) is 15.5. The lowest BCUT2D eigenvalue weighted by Crippen LogP contribution is -2.59. The zero-order valence-corrected chi connectivity index (χ0v) is 33.8. The van der Waals surface area contributed by atoms with Crippen molar-refractivity contribution in [3.63, 3.8) is 0 Å². The Labute approximate surface area is 371 Å². The summed E-state index contributed by atoms with van der Waals surface area (Å²) in [4.78, 5) is 0. The summed E-state index contributed by atoms with van der Waals surface area (Å²) in [6, 6.07) is 17.6. The molecular weight excluding hydrogens is 876 g/mol. The third-order valence-electron chi connectivity index (χ3n) is 10.9. The molecule has 5 atom stereocenters. The van der Waals surface area contributed by atoms with Gasteiger partial charge in [-0.25, -0.2) is 0 Å². The number of phenols is 12. The second-order valence-electron chi connectivity index (χ2n) is 15.5. The molecule has 0 spiro atoms. The number of hydrogen-bond donors (Lipinski definition) is 18. The van der Waals surface area contributed by atoms with Crippen molar-refractivity contribution in [2.75, 3.05) is 0 Å². The van der Waals surface area contributed by atoms with Gasteiger partial charge in [-0.05, 0) is 54.1 Å². The van der Waals surface area contributed by atoms with Crippen molar-refractivity contribution >= 4 is 0 Å². The highest BCUT2D eigenvalue weighted by Crippen LogP contribution is 2.49. The summed E-state index contributed by atoms with van der Waals surface area (Å²) >= 11 is 0. The lowest BCUT2D eigenvalue weighted by molar-refractivity contribution is -0.359. The van der Waals surface area contributed by atoms with Crippen molar-refractivity contribution in [2.24, 2.45) is 0 Å². The predicted octanol–water partition coefficient (Wildman–Crippen LogP) is 2.17. The Morgan fingerprint density at radius 1 is 0.424 bits per heavy atom. The van der Waals surface area contributed by atoms with Crippen LogP contribution in [-0.4, -0.2) is 110 Å². The van der Waals surface area contributed by atoms with Crippen molar-refractivity contribution in [1.82, 2.24) is 0 Å².